The van der Waals surface area contributed by atoms with Gasteiger partial charge in [-0.25, -0.2) is 0 Å². The van der Waals surface area contributed by atoms with Crippen LogP contribution >= 0.6 is 0 Å². The highest BCUT2D eigenvalue weighted by molar-refractivity contribution is 6.02. The Balaban J connectivity index is 1.73. The fourth-order valence-corrected chi connectivity index (χ4v) is 6.76. The zero-order chi connectivity index (χ0) is 26.1. The number of fused-ring (bicyclic) bond motifs is 1. The summed E-state index contributed by atoms with van der Waals surface area (Å²) in [5, 5.41) is 16.3. The number of anilines is 1. The van der Waals surface area contributed by atoms with E-state index in [-0.39, 0.29) is 30.2 Å². The normalized spacial score (nSPS) is 31.6. The van der Waals surface area contributed by atoms with Crippen molar-refractivity contribution in [1.82, 2.24) is 10.2 Å². The first-order chi connectivity index (χ1) is 17.3. The van der Waals surface area contributed by atoms with E-state index in [9.17, 15) is 19.5 Å². The molecule has 3 saturated heterocycles. The van der Waals surface area contributed by atoms with Crippen molar-refractivity contribution in [3.8, 4) is 0 Å². The predicted molar refractivity (Wildman–Crippen MR) is 137 cm³/mol. The molecule has 198 valence electrons. The van der Waals surface area contributed by atoms with Gasteiger partial charge in [-0.3, -0.25) is 14.4 Å². The van der Waals surface area contributed by atoms with Gasteiger partial charge in [0.1, 0.15) is 11.6 Å². The molecule has 3 N–H and O–H groups in total. The number of hydrogen-bond donors (Lipinski definition) is 3. The lowest BCUT2D eigenvalue weighted by atomic mass is 9.65. The van der Waals surface area contributed by atoms with Crippen molar-refractivity contribution >= 4 is 23.4 Å². The molecule has 1 spiro atoms. The Labute approximate surface area is 214 Å². The number of aliphatic hydroxyl groups excluding tert-OH is 1. The number of hydrogen-bond acceptors (Lipinski definition) is 5. The Morgan fingerprint density at radius 2 is 1.86 bits per heavy atom. The van der Waals surface area contributed by atoms with Gasteiger partial charge in [-0.2, -0.15) is 0 Å². The fraction of sp³-hybridized carbons (Fsp3) is 0.679. The molecule has 1 aromatic rings. The van der Waals surface area contributed by atoms with Gasteiger partial charge in [0.05, 0.1) is 30.1 Å². The Bertz CT molecular complexity index is 969. The van der Waals surface area contributed by atoms with Crippen molar-refractivity contribution in [2.45, 2.75) is 89.5 Å². The molecule has 0 aromatic heterocycles. The van der Waals surface area contributed by atoms with Crippen LogP contribution in [0.4, 0.5) is 5.69 Å². The predicted octanol–water partition coefficient (Wildman–Crippen LogP) is 3.10. The number of nitrogens with one attached hydrogen (secondary N) is 2. The number of benzene rings is 1. The average molecular weight is 500 g/mol. The van der Waals surface area contributed by atoms with Crippen molar-refractivity contribution in [2.24, 2.45) is 17.8 Å². The third-order valence-corrected chi connectivity index (χ3v) is 8.58. The molecule has 0 aliphatic carbocycles. The summed E-state index contributed by atoms with van der Waals surface area (Å²) in [4.78, 5) is 43.2. The van der Waals surface area contributed by atoms with Crippen LogP contribution < -0.4 is 10.6 Å². The van der Waals surface area contributed by atoms with E-state index in [0.29, 0.717) is 31.5 Å². The summed E-state index contributed by atoms with van der Waals surface area (Å²) in [6.45, 7) is 8.21. The number of likely N-dealkylation sites (tertiary alicyclic amines) is 1. The van der Waals surface area contributed by atoms with Crippen molar-refractivity contribution in [2.75, 3.05) is 18.5 Å². The molecule has 8 nitrogen and oxygen atoms in total. The lowest BCUT2D eigenvalue weighted by Gasteiger charge is -2.38. The van der Waals surface area contributed by atoms with Crippen LogP contribution in [0, 0.1) is 17.8 Å². The van der Waals surface area contributed by atoms with Crippen molar-refractivity contribution < 1.29 is 24.2 Å². The first kappa shape index (κ1) is 26.6. The highest BCUT2D eigenvalue weighted by Gasteiger charge is 2.79. The van der Waals surface area contributed by atoms with Gasteiger partial charge in [0.2, 0.25) is 17.7 Å². The first-order valence-electron chi connectivity index (χ1n) is 13.5. The van der Waals surface area contributed by atoms with Gasteiger partial charge in [0.25, 0.3) is 0 Å². The van der Waals surface area contributed by atoms with Gasteiger partial charge in [0, 0.05) is 12.2 Å². The first-order valence-corrected chi connectivity index (χ1v) is 13.5. The number of para-hydroxylation sites is 1. The number of amides is 3. The number of ether oxygens (including phenoxy) is 1. The third-order valence-electron chi connectivity index (χ3n) is 8.58. The van der Waals surface area contributed by atoms with E-state index >= 15 is 0 Å². The second-order valence-electron chi connectivity index (χ2n) is 10.9. The van der Waals surface area contributed by atoms with E-state index < -0.39 is 35.1 Å². The minimum absolute atomic E-state index is 0.0708. The molecule has 3 fully saturated rings. The van der Waals surface area contributed by atoms with Crippen LogP contribution in [-0.4, -0.2) is 64.2 Å². The monoisotopic (exact) mass is 499 g/mol. The molecule has 0 radical (unpaired) electrons. The number of rotatable bonds is 11. The number of aliphatic hydroxyl groups is 1. The van der Waals surface area contributed by atoms with E-state index in [4.69, 9.17) is 4.74 Å². The largest absolute Gasteiger partial charge is 0.394 e. The number of unbranched alkanes of at least 4 members (excludes halogenated alkanes) is 2. The van der Waals surface area contributed by atoms with Crippen LogP contribution in [-0.2, 0) is 19.1 Å². The molecule has 1 aromatic carbocycles. The van der Waals surface area contributed by atoms with E-state index in [1.165, 1.54) is 0 Å². The average Bonchev–Trinajstić information content (AvgIpc) is 3.47. The van der Waals surface area contributed by atoms with Crippen molar-refractivity contribution in [1.29, 1.82) is 0 Å². The Hall–Kier alpha value is -2.45. The molecule has 8 heteroatoms. The van der Waals surface area contributed by atoms with Gasteiger partial charge in [-0.15, -0.1) is 0 Å². The van der Waals surface area contributed by atoms with Gasteiger partial charge < -0.3 is 25.4 Å². The standard InChI is InChI=1S/C28H41N3O5/c1-5-7-11-16-29-25(34)23-28-15-14-27(6-2,36-28)21(24(33)30-19-12-9-8-10-13-19)22(28)26(35)31(23)20(17-32)18(3)4/h8-10,12-13,18,20-23,32H,5-7,11,14-17H2,1-4H3,(H,29,34)(H,30,33)/t20-,21-,22-,23?,27+,28?/m0/s1. The summed E-state index contributed by atoms with van der Waals surface area (Å²) in [5.41, 5.74) is -1.21. The highest BCUT2D eigenvalue weighted by Crippen LogP contribution is 2.64. The van der Waals surface area contributed by atoms with Crippen molar-refractivity contribution in [3.05, 3.63) is 30.3 Å². The zero-order valence-electron chi connectivity index (χ0n) is 22.0. The second-order valence-corrected chi connectivity index (χ2v) is 10.9. The number of nitrogens with zero attached hydrogens (tertiary/aromatic N) is 1. The van der Waals surface area contributed by atoms with Crippen LogP contribution in [0.2, 0.25) is 0 Å². The minimum Gasteiger partial charge on any atom is -0.394 e. The minimum atomic E-state index is -1.08. The summed E-state index contributed by atoms with van der Waals surface area (Å²) < 4.78 is 6.76. The van der Waals surface area contributed by atoms with E-state index in [0.717, 1.165) is 19.3 Å². The molecular weight excluding hydrogens is 458 g/mol. The van der Waals surface area contributed by atoms with E-state index in [1.54, 1.807) is 4.90 Å². The smallest absolute Gasteiger partial charge is 0.245 e. The second kappa shape index (κ2) is 10.5. The van der Waals surface area contributed by atoms with Gasteiger partial charge in [0.15, 0.2) is 0 Å². The molecule has 3 heterocycles. The highest BCUT2D eigenvalue weighted by atomic mass is 16.5. The van der Waals surface area contributed by atoms with E-state index in [2.05, 4.69) is 17.6 Å². The Morgan fingerprint density at radius 3 is 2.47 bits per heavy atom. The van der Waals surface area contributed by atoms with Crippen LogP contribution in [0.25, 0.3) is 0 Å². The Morgan fingerprint density at radius 1 is 1.14 bits per heavy atom. The molecule has 3 aliphatic heterocycles. The summed E-state index contributed by atoms with van der Waals surface area (Å²) in [5.74, 6) is -2.32. The lowest BCUT2D eigenvalue weighted by Crippen LogP contribution is -2.59. The molecule has 0 saturated carbocycles. The van der Waals surface area contributed by atoms with Gasteiger partial charge in [-0.05, 0) is 43.7 Å². The molecule has 2 unspecified atom stereocenters. The van der Waals surface area contributed by atoms with Gasteiger partial charge in [-0.1, -0.05) is 58.7 Å². The fourth-order valence-electron chi connectivity index (χ4n) is 6.76. The molecule has 36 heavy (non-hydrogen) atoms. The summed E-state index contributed by atoms with van der Waals surface area (Å²) in [6.07, 6.45) is 4.61. The maximum Gasteiger partial charge on any atom is 0.245 e. The lowest BCUT2D eigenvalue weighted by molar-refractivity contribution is -0.151. The molecule has 3 amide bonds. The molecule has 6 atom stereocenters. The number of carbonyl (C=O) groups excluding carboxylic acids is 3. The summed E-state index contributed by atoms with van der Waals surface area (Å²) in [6, 6.07) is 7.79. The molecule has 3 aliphatic rings. The third kappa shape index (κ3) is 4.22. The van der Waals surface area contributed by atoms with Crippen LogP contribution in [0.3, 0.4) is 0 Å². The summed E-state index contributed by atoms with van der Waals surface area (Å²) >= 11 is 0. The van der Waals surface area contributed by atoms with Gasteiger partial charge >= 0.3 is 0 Å². The van der Waals surface area contributed by atoms with Crippen LogP contribution in [0.5, 0.6) is 0 Å². The molecule has 4 rings (SSSR count). The topological polar surface area (TPSA) is 108 Å². The van der Waals surface area contributed by atoms with Crippen LogP contribution in [0.15, 0.2) is 30.3 Å². The summed E-state index contributed by atoms with van der Waals surface area (Å²) in [7, 11) is 0. The molecular formula is C28H41N3O5. The maximum absolute atomic E-state index is 14.2. The number of carbonyl (C=O) groups is 3. The quantitative estimate of drug-likeness (QED) is 0.406. The molecule has 2 bridgehead atoms. The zero-order valence-corrected chi connectivity index (χ0v) is 22.0. The van der Waals surface area contributed by atoms with Crippen molar-refractivity contribution in [3.63, 3.8) is 0 Å². The SMILES string of the molecule is CCCCCNC(=O)C1N([C@@H](CO)C(C)C)C(=O)[C@@H]2[C@@H](C(=O)Nc3ccccc3)[C@@]3(CC)CCC12O3. The van der Waals surface area contributed by atoms with E-state index in [1.807, 2.05) is 51.1 Å². The Kier molecular flexibility index (Phi) is 7.76. The maximum atomic E-state index is 14.2. The van der Waals surface area contributed by atoms with Crippen LogP contribution in [0.1, 0.15) is 66.2 Å².